The summed E-state index contributed by atoms with van der Waals surface area (Å²) >= 11 is 0. The molecule has 112 valence electrons. The van der Waals surface area contributed by atoms with Crippen molar-refractivity contribution in [1.82, 2.24) is 0 Å². The molecule has 0 bridgehead atoms. The number of benzene rings is 1. The van der Waals surface area contributed by atoms with Crippen LogP contribution >= 0.6 is 0 Å². The summed E-state index contributed by atoms with van der Waals surface area (Å²) in [6.07, 6.45) is -1.75. The van der Waals surface area contributed by atoms with Gasteiger partial charge >= 0.3 is 6.09 Å². The zero-order chi connectivity index (χ0) is 15.3. The molecule has 1 amide bonds. The molecular formula is C14H21NO5. The summed E-state index contributed by atoms with van der Waals surface area (Å²) in [6, 6.07) is 4.77. The standard InChI is InChI=1S/C14H21NO5/c1-14(2,3)20-13(18)15-11-6-5-9(19-4)7-10(11)12(17)8-16/h5-7,12,16-17H,8H2,1-4H3,(H,15,18). The molecule has 1 unspecified atom stereocenters. The molecule has 0 aliphatic heterocycles. The number of ether oxygens (including phenoxy) is 2. The van der Waals surface area contributed by atoms with Crippen LogP contribution in [-0.4, -0.2) is 35.6 Å². The Morgan fingerprint density at radius 2 is 2.05 bits per heavy atom. The van der Waals surface area contributed by atoms with Crippen LogP contribution in [0.15, 0.2) is 18.2 Å². The minimum absolute atomic E-state index is 0.359. The van der Waals surface area contributed by atoms with Gasteiger partial charge in [0, 0.05) is 5.56 Å². The Morgan fingerprint density at radius 1 is 1.40 bits per heavy atom. The summed E-state index contributed by atoms with van der Waals surface area (Å²) in [5.41, 5.74) is 0.103. The van der Waals surface area contributed by atoms with Crippen LogP contribution in [0.3, 0.4) is 0 Å². The molecule has 1 rings (SSSR count). The number of amides is 1. The molecular weight excluding hydrogens is 262 g/mol. The highest BCUT2D eigenvalue weighted by Crippen LogP contribution is 2.28. The van der Waals surface area contributed by atoms with Gasteiger partial charge in [0.1, 0.15) is 17.5 Å². The number of anilines is 1. The van der Waals surface area contributed by atoms with E-state index in [1.807, 2.05) is 0 Å². The molecule has 1 atom stereocenters. The maximum Gasteiger partial charge on any atom is 0.412 e. The zero-order valence-corrected chi connectivity index (χ0v) is 12.1. The van der Waals surface area contributed by atoms with Crippen molar-refractivity contribution in [2.24, 2.45) is 0 Å². The van der Waals surface area contributed by atoms with Gasteiger partial charge in [0.05, 0.1) is 19.4 Å². The Kier molecular flexibility index (Phi) is 5.35. The van der Waals surface area contributed by atoms with Crippen molar-refractivity contribution in [1.29, 1.82) is 0 Å². The van der Waals surface area contributed by atoms with Crippen molar-refractivity contribution in [2.75, 3.05) is 19.0 Å². The molecule has 3 N–H and O–H groups in total. The first-order valence-electron chi connectivity index (χ1n) is 6.23. The van der Waals surface area contributed by atoms with Gasteiger partial charge in [-0.1, -0.05) is 0 Å². The quantitative estimate of drug-likeness (QED) is 0.787. The zero-order valence-electron chi connectivity index (χ0n) is 12.1. The number of nitrogens with one attached hydrogen (secondary N) is 1. The molecule has 0 spiro atoms. The molecule has 6 heteroatoms. The highest BCUT2D eigenvalue weighted by molar-refractivity contribution is 5.86. The van der Waals surface area contributed by atoms with Crippen molar-refractivity contribution >= 4 is 11.8 Å². The van der Waals surface area contributed by atoms with E-state index in [1.54, 1.807) is 39.0 Å². The van der Waals surface area contributed by atoms with Crippen molar-refractivity contribution in [3.63, 3.8) is 0 Å². The summed E-state index contributed by atoms with van der Waals surface area (Å²) < 4.78 is 10.2. The van der Waals surface area contributed by atoms with E-state index in [0.29, 0.717) is 17.0 Å². The van der Waals surface area contributed by atoms with E-state index >= 15 is 0 Å². The van der Waals surface area contributed by atoms with E-state index in [4.69, 9.17) is 14.6 Å². The second-order valence-corrected chi connectivity index (χ2v) is 5.28. The Balaban J connectivity index is 2.96. The first-order valence-corrected chi connectivity index (χ1v) is 6.23. The topological polar surface area (TPSA) is 88.0 Å². The number of aliphatic hydroxyl groups excluding tert-OH is 2. The van der Waals surface area contributed by atoms with Crippen LogP contribution < -0.4 is 10.1 Å². The number of carbonyl (C=O) groups excluding carboxylic acids is 1. The van der Waals surface area contributed by atoms with Crippen molar-refractivity contribution in [3.8, 4) is 5.75 Å². The fraction of sp³-hybridized carbons (Fsp3) is 0.500. The van der Waals surface area contributed by atoms with E-state index in [2.05, 4.69) is 5.32 Å². The van der Waals surface area contributed by atoms with Crippen molar-refractivity contribution in [2.45, 2.75) is 32.5 Å². The fourth-order valence-electron chi connectivity index (χ4n) is 1.57. The van der Waals surface area contributed by atoms with Gasteiger partial charge in [0.25, 0.3) is 0 Å². The monoisotopic (exact) mass is 283 g/mol. The van der Waals surface area contributed by atoms with E-state index in [1.165, 1.54) is 7.11 Å². The van der Waals surface area contributed by atoms with Gasteiger partial charge in [-0.2, -0.15) is 0 Å². The van der Waals surface area contributed by atoms with Crippen LogP contribution in [0.2, 0.25) is 0 Å². The number of hydrogen-bond acceptors (Lipinski definition) is 5. The molecule has 0 aliphatic rings. The van der Waals surface area contributed by atoms with Gasteiger partial charge in [-0.3, -0.25) is 5.32 Å². The predicted octanol–water partition coefficient (Wildman–Crippen LogP) is 2.07. The summed E-state index contributed by atoms with van der Waals surface area (Å²) in [4.78, 5) is 11.7. The smallest absolute Gasteiger partial charge is 0.412 e. The lowest BCUT2D eigenvalue weighted by molar-refractivity contribution is 0.0634. The summed E-state index contributed by atoms with van der Waals surface area (Å²) in [5, 5.41) is 21.4. The van der Waals surface area contributed by atoms with Crippen LogP contribution in [0, 0.1) is 0 Å². The highest BCUT2D eigenvalue weighted by Gasteiger charge is 2.19. The van der Waals surface area contributed by atoms with Crippen molar-refractivity contribution < 1.29 is 24.5 Å². The van der Waals surface area contributed by atoms with Gasteiger partial charge in [-0.15, -0.1) is 0 Å². The third-order valence-corrected chi connectivity index (χ3v) is 2.43. The second-order valence-electron chi connectivity index (χ2n) is 5.28. The van der Waals surface area contributed by atoms with Gasteiger partial charge in [-0.25, -0.2) is 4.79 Å². The number of rotatable bonds is 4. The van der Waals surface area contributed by atoms with E-state index < -0.39 is 24.4 Å². The van der Waals surface area contributed by atoms with Crippen LogP contribution in [0.4, 0.5) is 10.5 Å². The van der Waals surface area contributed by atoms with Crippen molar-refractivity contribution in [3.05, 3.63) is 23.8 Å². The third kappa shape index (κ3) is 4.71. The molecule has 1 aromatic carbocycles. The Labute approximate surface area is 118 Å². The second kappa shape index (κ2) is 6.58. The first-order chi connectivity index (χ1) is 9.26. The Morgan fingerprint density at radius 3 is 2.55 bits per heavy atom. The predicted molar refractivity (Wildman–Crippen MR) is 74.9 cm³/mol. The maximum absolute atomic E-state index is 11.7. The normalized spacial score (nSPS) is 12.7. The number of aliphatic hydroxyl groups is 2. The Bertz CT molecular complexity index is 467. The third-order valence-electron chi connectivity index (χ3n) is 2.43. The van der Waals surface area contributed by atoms with Gasteiger partial charge in [-0.05, 0) is 39.0 Å². The lowest BCUT2D eigenvalue weighted by atomic mass is 10.1. The highest BCUT2D eigenvalue weighted by atomic mass is 16.6. The molecule has 0 saturated carbocycles. The first kappa shape index (κ1) is 16.3. The fourth-order valence-corrected chi connectivity index (χ4v) is 1.57. The summed E-state index contributed by atoms with van der Waals surface area (Å²) in [6.45, 7) is 4.80. The average Bonchev–Trinajstić information content (AvgIpc) is 2.36. The van der Waals surface area contributed by atoms with Gasteiger partial charge < -0.3 is 19.7 Å². The molecule has 1 aromatic rings. The lowest BCUT2D eigenvalue weighted by Crippen LogP contribution is -2.27. The van der Waals surface area contributed by atoms with Crippen LogP contribution in [0.1, 0.15) is 32.4 Å². The van der Waals surface area contributed by atoms with Crippen LogP contribution in [0.5, 0.6) is 5.75 Å². The van der Waals surface area contributed by atoms with E-state index in [-0.39, 0.29) is 0 Å². The van der Waals surface area contributed by atoms with Gasteiger partial charge in [0.15, 0.2) is 0 Å². The lowest BCUT2D eigenvalue weighted by Gasteiger charge is -2.21. The Hall–Kier alpha value is -1.79. The largest absolute Gasteiger partial charge is 0.497 e. The molecule has 6 nitrogen and oxygen atoms in total. The number of hydrogen-bond donors (Lipinski definition) is 3. The van der Waals surface area contributed by atoms with E-state index in [9.17, 15) is 9.90 Å². The van der Waals surface area contributed by atoms with Crippen LogP contribution in [-0.2, 0) is 4.74 Å². The minimum atomic E-state index is -1.12. The molecule has 0 radical (unpaired) electrons. The molecule has 0 aromatic heterocycles. The van der Waals surface area contributed by atoms with Gasteiger partial charge in [0.2, 0.25) is 0 Å². The summed E-state index contributed by atoms with van der Waals surface area (Å²) in [7, 11) is 1.49. The molecule has 0 saturated heterocycles. The summed E-state index contributed by atoms with van der Waals surface area (Å²) in [5.74, 6) is 0.516. The van der Waals surface area contributed by atoms with Crippen LogP contribution in [0.25, 0.3) is 0 Å². The SMILES string of the molecule is COc1ccc(NC(=O)OC(C)(C)C)c(C(O)CO)c1. The average molecular weight is 283 g/mol. The number of methoxy groups -OCH3 is 1. The molecule has 0 aliphatic carbocycles. The van der Waals surface area contributed by atoms with E-state index in [0.717, 1.165) is 0 Å². The maximum atomic E-state index is 11.7. The molecule has 20 heavy (non-hydrogen) atoms. The molecule has 0 fully saturated rings. The number of carbonyl (C=O) groups is 1. The molecule has 0 heterocycles. The minimum Gasteiger partial charge on any atom is -0.497 e.